The molecule has 45 heavy (non-hydrogen) atoms. The fraction of sp³-hybridized carbons (Fsp3) is 0.364. The van der Waals surface area contributed by atoms with Gasteiger partial charge < -0.3 is 14.4 Å². The van der Waals surface area contributed by atoms with E-state index in [4.69, 9.17) is 14.5 Å². The molecule has 0 radical (unpaired) electrons. The minimum absolute atomic E-state index is 0.0948. The van der Waals surface area contributed by atoms with E-state index in [9.17, 15) is 8.42 Å². The molecule has 238 valence electrons. The molecule has 0 bridgehead atoms. The first-order chi connectivity index (χ1) is 21.5. The molecule has 1 fully saturated rings. The van der Waals surface area contributed by atoms with Gasteiger partial charge >= 0.3 is 0 Å². The molecule has 5 rings (SSSR count). The van der Waals surface area contributed by atoms with Gasteiger partial charge in [-0.3, -0.25) is 4.90 Å². The van der Waals surface area contributed by atoms with Gasteiger partial charge in [-0.1, -0.05) is 24.3 Å². The van der Waals surface area contributed by atoms with Crippen LogP contribution in [0.2, 0.25) is 0 Å². The summed E-state index contributed by atoms with van der Waals surface area (Å²) >= 11 is 0. The van der Waals surface area contributed by atoms with Gasteiger partial charge in [0.15, 0.2) is 0 Å². The molecule has 0 amide bonds. The van der Waals surface area contributed by atoms with Crippen molar-refractivity contribution in [1.29, 1.82) is 0 Å². The molecule has 12 heteroatoms. The number of halogens is 1. The Kier molecular flexibility index (Phi) is 9.96. The summed E-state index contributed by atoms with van der Waals surface area (Å²) < 4.78 is 51.4. The van der Waals surface area contributed by atoms with Gasteiger partial charge in [-0.2, -0.15) is 8.70 Å². The molecule has 1 aliphatic heterocycles. The van der Waals surface area contributed by atoms with Crippen molar-refractivity contribution in [2.75, 3.05) is 51.6 Å². The van der Waals surface area contributed by atoms with Crippen molar-refractivity contribution in [1.82, 2.24) is 24.2 Å². The monoisotopic (exact) mass is 634 g/mol. The molecule has 10 nitrogen and oxygen atoms in total. The molecule has 4 aromatic rings. The number of pyridine rings is 1. The number of aryl methyl sites for hydroxylation is 1. The van der Waals surface area contributed by atoms with Crippen LogP contribution in [0.5, 0.6) is 11.5 Å². The fourth-order valence-electron chi connectivity index (χ4n) is 5.48. The van der Waals surface area contributed by atoms with E-state index in [0.717, 1.165) is 28.2 Å². The maximum absolute atomic E-state index is 15.3. The molecule has 0 unspecified atom stereocenters. The number of aromatic nitrogens is 3. The topological polar surface area (TPSA) is 101 Å². The van der Waals surface area contributed by atoms with Crippen LogP contribution in [0.25, 0.3) is 11.3 Å². The van der Waals surface area contributed by atoms with Crippen LogP contribution in [0, 0.1) is 12.9 Å². The number of sulfonamides is 1. The van der Waals surface area contributed by atoms with Crippen LogP contribution in [0.15, 0.2) is 66.9 Å². The van der Waals surface area contributed by atoms with E-state index in [0.29, 0.717) is 56.6 Å². The number of hydrogen-bond acceptors (Lipinski definition) is 9. The van der Waals surface area contributed by atoms with Crippen molar-refractivity contribution < 1.29 is 22.3 Å². The predicted octanol–water partition coefficient (Wildman–Crippen LogP) is 4.85. The maximum atomic E-state index is 15.3. The van der Waals surface area contributed by atoms with Crippen molar-refractivity contribution in [3.05, 3.63) is 95.3 Å². The molecular formula is C33H39FN6O4S. The highest BCUT2D eigenvalue weighted by atomic mass is 32.2. The second-order valence-corrected chi connectivity index (χ2v) is 13.2. The molecule has 1 atom stereocenters. The molecule has 0 saturated carbocycles. The predicted molar refractivity (Wildman–Crippen MR) is 172 cm³/mol. The number of nitrogens with zero attached hydrogens (tertiary/aromatic N) is 6. The average Bonchev–Trinajstić information content (AvgIpc) is 3.04. The lowest BCUT2D eigenvalue weighted by atomic mass is 10.0. The highest BCUT2D eigenvalue weighted by Gasteiger charge is 2.27. The first-order valence-electron chi connectivity index (χ1n) is 14.8. The summed E-state index contributed by atoms with van der Waals surface area (Å²) in [5.74, 6) is 2.09. The summed E-state index contributed by atoms with van der Waals surface area (Å²) in [5.41, 5.74) is 3.66. The van der Waals surface area contributed by atoms with Crippen molar-refractivity contribution >= 4 is 15.8 Å². The minimum Gasteiger partial charge on any atom is -0.497 e. The Labute approximate surface area is 264 Å². The van der Waals surface area contributed by atoms with Crippen LogP contribution < -0.4 is 14.4 Å². The van der Waals surface area contributed by atoms with Crippen molar-refractivity contribution in [3.8, 4) is 22.8 Å². The Morgan fingerprint density at radius 3 is 1.96 bits per heavy atom. The third kappa shape index (κ3) is 7.94. The summed E-state index contributed by atoms with van der Waals surface area (Å²) in [7, 11) is 0.0411. The van der Waals surface area contributed by atoms with Gasteiger partial charge in [0.1, 0.15) is 23.1 Å². The van der Waals surface area contributed by atoms with Crippen LogP contribution in [0.4, 0.5) is 10.2 Å². The van der Waals surface area contributed by atoms with Gasteiger partial charge in [-0.25, -0.2) is 23.4 Å². The van der Waals surface area contributed by atoms with E-state index in [2.05, 4.69) is 19.8 Å². The minimum atomic E-state index is -3.23. The highest BCUT2D eigenvalue weighted by molar-refractivity contribution is 7.88. The zero-order valence-corrected chi connectivity index (χ0v) is 27.1. The highest BCUT2D eigenvalue weighted by Crippen LogP contribution is 2.30. The third-order valence-corrected chi connectivity index (χ3v) is 9.43. The molecule has 2 aromatic carbocycles. The molecule has 0 spiro atoms. The average molecular weight is 635 g/mol. The van der Waals surface area contributed by atoms with E-state index in [1.54, 1.807) is 39.5 Å². The van der Waals surface area contributed by atoms with E-state index in [1.165, 1.54) is 10.6 Å². The number of anilines is 1. The zero-order chi connectivity index (χ0) is 32.1. The van der Waals surface area contributed by atoms with Gasteiger partial charge in [0.25, 0.3) is 0 Å². The molecular weight excluding hydrogens is 595 g/mol. The third-order valence-electron chi connectivity index (χ3n) is 8.12. The number of hydrogen-bond donors (Lipinski definition) is 0. The summed E-state index contributed by atoms with van der Waals surface area (Å²) in [6.45, 7) is 6.88. The molecule has 1 aliphatic rings. The molecule has 1 saturated heterocycles. The van der Waals surface area contributed by atoms with Gasteiger partial charge in [-0.15, -0.1) is 0 Å². The van der Waals surface area contributed by atoms with Gasteiger partial charge in [0.2, 0.25) is 16.0 Å². The standard InChI is InChI=1S/C33H39FN6O4S/c1-23(38-14-16-40(17-15-38)45(5,41)42)27-18-30(33(34)35-20-27)31-19-32(37-24(2)36-31)39(21-25-6-10-28(43-3)11-7-25)22-26-8-12-29(44-4)13-9-26/h6-13,18-20,23H,14-17,21-22H2,1-5H3/t23-/m1/s1. The van der Waals surface area contributed by atoms with Crippen molar-refractivity contribution in [3.63, 3.8) is 0 Å². The molecule has 0 N–H and O–H groups in total. The summed E-state index contributed by atoms with van der Waals surface area (Å²) in [6, 6.07) is 19.2. The van der Waals surface area contributed by atoms with Crippen LogP contribution in [-0.2, 0) is 23.1 Å². The number of piperazine rings is 1. The van der Waals surface area contributed by atoms with Gasteiger partial charge in [-0.05, 0) is 60.9 Å². The van der Waals surface area contributed by atoms with Crippen LogP contribution in [-0.4, -0.2) is 79.2 Å². The smallest absolute Gasteiger partial charge is 0.222 e. The van der Waals surface area contributed by atoms with Gasteiger partial charge in [0.05, 0.1) is 31.7 Å². The largest absolute Gasteiger partial charge is 0.497 e. The summed E-state index contributed by atoms with van der Waals surface area (Å²) in [6.07, 6.45) is 2.77. The zero-order valence-electron chi connectivity index (χ0n) is 26.3. The molecule has 3 heterocycles. The Bertz CT molecular complexity index is 1660. The second-order valence-electron chi connectivity index (χ2n) is 11.2. The Hall–Kier alpha value is -4.13. The maximum Gasteiger partial charge on any atom is 0.222 e. The lowest BCUT2D eigenvalue weighted by molar-refractivity contribution is 0.146. The number of rotatable bonds is 11. The Morgan fingerprint density at radius 1 is 0.889 bits per heavy atom. The van der Waals surface area contributed by atoms with E-state index in [-0.39, 0.29) is 11.6 Å². The molecule has 2 aromatic heterocycles. The Balaban J connectivity index is 1.45. The van der Waals surface area contributed by atoms with Gasteiger partial charge in [0, 0.05) is 57.6 Å². The van der Waals surface area contributed by atoms with Crippen molar-refractivity contribution in [2.24, 2.45) is 0 Å². The first kappa shape index (κ1) is 32.3. The van der Waals surface area contributed by atoms with Crippen molar-refractivity contribution in [2.45, 2.75) is 33.0 Å². The Morgan fingerprint density at radius 2 is 1.44 bits per heavy atom. The molecule has 0 aliphatic carbocycles. The van der Waals surface area contributed by atoms with E-state index >= 15 is 4.39 Å². The number of methoxy groups -OCH3 is 2. The van der Waals surface area contributed by atoms with E-state index < -0.39 is 16.0 Å². The quantitative estimate of drug-likeness (QED) is 0.215. The number of benzene rings is 2. The number of ether oxygens (including phenoxy) is 2. The summed E-state index contributed by atoms with van der Waals surface area (Å²) in [5, 5.41) is 0. The summed E-state index contributed by atoms with van der Waals surface area (Å²) in [4.78, 5) is 17.8. The van der Waals surface area contributed by atoms with Crippen LogP contribution in [0.1, 0.15) is 35.5 Å². The fourth-order valence-corrected chi connectivity index (χ4v) is 6.30. The van der Waals surface area contributed by atoms with E-state index in [1.807, 2.05) is 55.5 Å². The lowest BCUT2D eigenvalue weighted by Gasteiger charge is -2.37. The van der Waals surface area contributed by atoms with Crippen LogP contribution >= 0.6 is 0 Å². The second kappa shape index (κ2) is 13.9. The first-order valence-corrected chi connectivity index (χ1v) is 16.6. The lowest BCUT2D eigenvalue weighted by Crippen LogP contribution is -2.48. The van der Waals surface area contributed by atoms with Crippen LogP contribution in [0.3, 0.4) is 0 Å². The SMILES string of the molecule is COc1ccc(CN(Cc2ccc(OC)cc2)c2cc(-c3cc([C@@H](C)N4CCN(S(C)(=O)=O)CC4)cnc3F)nc(C)n2)cc1. The normalized spacial score (nSPS) is 15.1.